The number of rotatable bonds is 4. The van der Waals surface area contributed by atoms with Crippen LogP contribution in [0.1, 0.15) is 21.5 Å². The Bertz CT molecular complexity index is 1020. The van der Waals surface area contributed by atoms with Gasteiger partial charge in [-0.1, -0.05) is 41.9 Å². The van der Waals surface area contributed by atoms with Gasteiger partial charge in [-0.05, 0) is 47.2 Å². The molecule has 8 heteroatoms. The van der Waals surface area contributed by atoms with Crippen LogP contribution in [0.25, 0.3) is 6.08 Å². The quantitative estimate of drug-likeness (QED) is 0.668. The standard InChI is InChI=1S/C22H19ClN2O4S/c23-18-4-2-1-3-17(18)14-25-21(27)19(30-22(25)28)13-15-5-7-16(8-6-15)20(26)24-9-11-29-12-10-24/h1-8,13H,9-12,14H2/b19-13-. The van der Waals surface area contributed by atoms with E-state index < -0.39 is 0 Å². The summed E-state index contributed by atoms with van der Waals surface area (Å²) in [6, 6.07) is 14.1. The van der Waals surface area contributed by atoms with Crippen molar-refractivity contribution in [2.24, 2.45) is 0 Å². The zero-order valence-corrected chi connectivity index (χ0v) is 17.6. The molecule has 0 atom stereocenters. The molecule has 2 aliphatic heterocycles. The summed E-state index contributed by atoms with van der Waals surface area (Å²) in [5.74, 6) is -0.386. The Morgan fingerprint density at radius 1 is 1.07 bits per heavy atom. The highest BCUT2D eigenvalue weighted by Crippen LogP contribution is 2.34. The van der Waals surface area contributed by atoms with Crippen LogP contribution in [0.3, 0.4) is 0 Å². The fourth-order valence-electron chi connectivity index (χ4n) is 3.26. The fraction of sp³-hybridized carbons (Fsp3) is 0.227. The maximum Gasteiger partial charge on any atom is 0.293 e. The maximum absolute atomic E-state index is 12.7. The van der Waals surface area contributed by atoms with Crippen LogP contribution in [-0.2, 0) is 16.1 Å². The molecule has 0 bridgehead atoms. The van der Waals surface area contributed by atoms with Crippen LogP contribution in [0.15, 0.2) is 53.4 Å². The molecule has 0 spiro atoms. The minimum Gasteiger partial charge on any atom is -0.378 e. The summed E-state index contributed by atoms with van der Waals surface area (Å²) in [6.45, 7) is 2.40. The average Bonchev–Trinajstić information content (AvgIpc) is 3.03. The normalized spacial score (nSPS) is 18.4. The minimum absolute atomic E-state index is 0.0371. The molecule has 3 amide bonds. The van der Waals surface area contributed by atoms with E-state index in [2.05, 4.69) is 0 Å². The van der Waals surface area contributed by atoms with Gasteiger partial charge in [0.15, 0.2) is 0 Å². The Balaban J connectivity index is 1.47. The number of morpholine rings is 1. The molecule has 0 radical (unpaired) electrons. The SMILES string of the molecule is O=C(c1ccc(/C=C2\SC(=O)N(Cc3ccccc3Cl)C2=O)cc1)N1CCOCC1. The molecule has 0 N–H and O–H groups in total. The molecule has 154 valence electrons. The molecular formula is C22H19ClN2O4S. The average molecular weight is 443 g/mol. The molecule has 2 aromatic carbocycles. The Kier molecular flexibility index (Phi) is 6.22. The summed E-state index contributed by atoms with van der Waals surface area (Å²) in [6.07, 6.45) is 1.67. The smallest absolute Gasteiger partial charge is 0.293 e. The van der Waals surface area contributed by atoms with Gasteiger partial charge >= 0.3 is 0 Å². The largest absolute Gasteiger partial charge is 0.378 e. The number of thioether (sulfide) groups is 1. The number of imide groups is 1. The second kappa shape index (κ2) is 9.04. The highest BCUT2D eigenvalue weighted by atomic mass is 35.5. The van der Waals surface area contributed by atoms with Crippen LogP contribution >= 0.6 is 23.4 Å². The van der Waals surface area contributed by atoms with Gasteiger partial charge in [-0.3, -0.25) is 19.3 Å². The summed E-state index contributed by atoms with van der Waals surface area (Å²) >= 11 is 7.05. The van der Waals surface area contributed by atoms with E-state index >= 15 is 0 Å². The minimum atomic E-state index is -0.349. The molecule has 2 fully saturated rings. The number of halogens is 1. The lowest BCUT2D eigenvalue weighted by Gasteiger charge is -2.26. The molecule has 2 aromatic rings. The van der Waals surface area contributed by atoms with E-state index in [0.29, 0.717) is 47.4 Å². The van der Waals surface area contributed by atoms with E-state index in [4.69, 9.17) is 16.3 Å². The van der Waals surface area contributed by atoms with Crippen molar-refractivity contribution < 1.29 is 19.1 Å². The highest BCUT2D eigenvalue weighted by Gasteiger charge is 2.35. The fourth-order valence-corrected chi connectivity index (χ4v) is 4.29. The number of hydrogen-bond donors (Lipinski definition) is 0. The van der Waals surface area contributed by atoms with Crippen molar-refractivity contribution in [1.29, 1.82) is 0 Å². The zero-order chi connectivity index (χ0) is 21.1. The molecule has 0 aliphatic carbocycles. The van der Waals surface area contributed by atoms with Crippen molar-refractivity contribution in [3.8, 4) is 0 Å². The predicted octanol–water partition coefficient (Wildman–Crippen LogP) is 4.05. The Morgan fingerprint density at radius 3 is 2.47 bits per heavy atom. The predicted molar refractivity (Wildman–Crippen MR) is 116 cm³/mol. The van der Waals surface area contributed by atoms with Gasteiger partial charge in [0.2, 0.25) is 0 Å². The first kappa shape index (κ1) is 20.7. The highest BCUT2D eigenvalue weighted by molar-refractivity contribution is 8.18. The third-order valence-corrected chi connectivity index (χ3v) is 6.19. The Labute approximate surface area is 183 Å². The van der Waals surface area contributed by atoms with Crippen LogP contribution < -0.4 is 0 Å². The Morgan fingerprint density at radius 2 is 1.77 bits per heavy atom. The molecular weight excluding hydrogens is 424 g/mol. The van der Waals surface area contributed by atoms with E-state index in [0.717, 1.165) is 17.3 Å². The number of nitrogens with zero attached hydrogens (tertiary/aromatic N) is 2. The molecule has 2 heterocycles. The van der Waals surface area contributed by atoms with Gasteiger partial charge in [0, 0.05) is 23.7 Å². The van der Waals surface area contributed by atoms with Crippen molar-refractivity contribution in [3.63, 3.8) is 0 Å². The molecule has 2 saturated heterocycles. The Hall–Kier alpha value is -2.61. The van der Waals surface area contributed by atoms with E-state index in [1.54, 1.807) is 53.4 Å². The van der Waals surface area contributed by atoms with Crippen LogP contribution in [-0.4, -0.2) is 53.2 Å². The number of benzene rings is 2. The van der Waals surface area contributed by atoms with Gasteiger partial charge in [-0.25, -0.2) is 0 Å². The first-order valence-electron chi connectivity index (χ1n) is 9.49. The summed E-state index contributed by atoms with van der Waals surface area (Å²) in [5.41, 5.74) is 2.05. The summed E-state index contributed by atoms with van der Waals surface area (Å²) in [7, 11) is 0. The molecule has 2 aliphatic rings. The van der Waals surface area contributed by atoms with Gasteiger partial charge in [0.25, 0.3) is 17.1 Å². The summed E-state index contributed by atoms with van der Waals surface area (Å²) < 4.78 is 5.28. The molecule has 0 saturated carbocycles. The van der Waals surface area contributed by atoms with E-state index in [1.165, 1.54) is 4.90 Å². The first-order chi connectivity index (χ1) is 14.5. The lowest BCUT2D eigenvalue weighted by molar-refractivity contribution is -0.123. The van der Waals surface area contributed by atoms with Crippen molar-refractivity contribution in [2.45, 2.75) is 6.54 Å². The second-order valence-electron chi connectivity index (χ2n) is 6.89. The lowest BCUT2D eigenvalue weighted by Crippen LogP contribution is -2.40. The number of carbonyl (C=O) groups excluding carboxylic acids is 3. The zero-order valence-electron chi connectivity index (χ0n) is 16.0. The molecule has 0 aromatic heterocycles. The lowest BCUT2D eigenvalue weighted by atomic mass is 10.1. The van der Waals surface area contributed by atoms with Crippen LogP contribution in [0.4, 0.5) is 4.79 Å². The van der Waals surface area contributed by atoms with Gasteiger partial charge in [0.1, 0.15) is 0 Å². The second-order valence-corrected chi connectivity index (χ2v) is 8.29. The van der Waals surface area contributed by atoms with Crippen LogP contribution in [0.5, 0.6) is 0 Å². The van der Waals surface area contributed by atoms with E-state index in [-0.39, 0.29) is 23.6 Å². The monoisotopic (exact) mass is 442 g/mol. The van der Waals surface area contributed by atoms with Gasteiger partial charge in [0.05, 0.1) is 24.7 Å². The van der Waals surface area contributed by atoms with Gasteiger partial charge in [-0.2, -0.15) is 0 Å². The van der Waals surface area contributed by atoms with Crippen molar-refractivity contribution in [1.82, 2.24) is 9.80 Å². The van der Waals surface area contributed by atoms with Crippen molar-refractivity contribution in [2.75, 3.05) is 26.3 Å². The van der Waals surface area contributed by atoms with Crippen LogP contribution in [0, 0.1) is 0 Å². The molecule has 4 rings (SSSR count). The third-order valence-electron chi connectivity index (χ3n) is 4.91. The number of ether oxygens (including phenoxy) is 1. The number of carbonyl (C=O) groups is 3. The summed E-state index contributed by atoms with van der Waals surface area (Å²) in [4.78, 5) is 40.9. The van der Waals surface area contributed by atoms with Gasteiger partial charge < -0.3 is 9.64 Å². The molecule has 6 nitrogen and oxygen atoms in total. The molecule has 0 unspecified atom stereocenters. The third kappa shape index (κ3) is 4.43. The summed E-state index contributed by atoms with van der Waals surface area (Å²) in [5, 5.41) is 0.186. The topological polar surface area (TPSA) is 66.9 Å². The first-order valence-corrected chi connectivity index (χ1v) is 10.7. The van der Waals surface area contributed by atoms with E-state index in [9.17, 15) is 14.4 Å². The van der Waals surface area contributed by atoms with Gasteiger partial charge in [-0.15, -0.1) is 0 Å². The van der Waals surface area contributed by atoms with Crippen molar-refractivity contribution >= 4 is 46.5 Å². The van der Waals surface area contributed by atoms with Crippen molar-refractivity contribution in [3.05, 3.63) is 75.1 Å². The molecule has 30 heavy (non-hydrogen) atoms. The number of amides is 3. The van der Waals surface area contributed by atoms with Crippen LogP contribution in [0.2, 0.25) is 5.02 Å². The number of hydrogen-bond acceptors (Lipinski definition) is 5. The van der Waals surface area contributed by atoms with E-state index in [1.807, 2.05) is 6.07 Å². The maximum atomic E-state index is 12.7.